The number of rotatable bonds is 8. The van der Waals surface area contributed by atoms with E-state index in [9.17, 15) is 4.79 Å². The maximum atomic E-state index is 13.2. The molecular weight excluding hydrogens is 346 g/mol. The Kier molecular flexibility index (Phi) is 7.24. The van der Waals surface area contributed by atoms with Crippen molar-refractivity contribution in [3.63, 3.8) is 0 Å². The molecule has 0 saturated carbocycles. The fourth-order valence-corrected chi connectivity index (χ4v) is 4.23. The van der Waals surface area contributed by atoms with Gasteiger partial charge in [-0.25, -0.2) is 0 Å². The summed E-state index contributed by atoms with van der Waals surface area (Å²) in [5.41, 5.74) is 2.40. The zero-order valence-corrected chi connectivity index (χ0v) is 17.3. The van der Waals surface area contributed by atoms with E-state index in [1.807, 2.05) is 18.2 Å². The number of likely N-dealkylation sites (tertiary alicyclic amines) is 1. The highest BCUT2D eigenvalue weighted by Crippen LogP contribution is 2.26. The Morgan fingerprint density at radius 3 is 2.18 bits per heavy atom. The summed E-state index contributed by atoms with van der Waals surface area (Å²) in [5.74, 6) is 0.120. The van der Waals surface area contributed by atoms with Crippen LogP contribution in [0.5, 0.6) is 0 Å². The first-order chi connectivity index (χ1) is 13.6. The van der Waals surface area contributed by atoms with Crippen molar-refractivity contribution in [1.29, 1.82) is 0 Å². The normalized spacial score (nSPS) is 19.5. The molecule has 1 N–H and O–H groups in total. The summed E-state index contributed by atoms with van der Waals surface area (Å²) in [7, 11) is 0. The van der Waals surface area contributed by atoms with Crippen LogP contribution in [0.2, 0.25) is 0 Å². The lowest BCUT2D eigenvalue weighted by atomic mass is 10.0. The van der Waals surface area contributed by atoms with E-state index in [4.69, 9.17) is 0 Å². The van der Waals surface area contributed by atoms with Crippen molar-refractivity contribution in [3.05, 3.63) is 71.8 Å². The lowest BCUT2D eigenvalue weighted by molar-refractivity contribution is -0.127. The molecule has 1 aliphatic rings. The number of hydrogen-bond acceptors (Lipinski definition) is 3. The van der Waals surface area contributed by atoms with Gasteiger partial charge in [0.25, 0.3) is 0 Å². The van der Waals surface area contributed by atoms with Gasteiger partial charge < -0.3 is 5.32 Å². The molecule has 1 fully saturated rings. The maximum absolute atomic E-state index is 13.2. The maximum Gasteiger partial charge on any atom is 0.242 e. The third kappa shape index (κ3) is 4.81. The van der Waals surface area contributed by atoms with Gasteiger partial charge >= 0.3 is 0 Å². The molecule has 0 bridgehead atoms. The standard InChI is InChI=1S/C24H33N3O/c1-4-26(5-2)23(21-14-10-7-11-15-21)24(28)25-22-16-17-27(18-22)19(3)20-12-8-6-9-13-20/h6-15,19,22-23H,4-5,16-18H2,1-3H3,(H,25,28). The number of likely N-dealkylation sites (N-methyl/N-ethyl adjacent to an activating group) is 1. The van der Waals surface area contributed by atoms with Crippen molar-refractivity contribution in [2.75, 3.05) is 26.2 Å². The average molecular weight is 380 g/mol. The Labute approximate surface area is 169 Å². The van der Waals surface area contributed by atoms with Crippen LogP contribution in [0, 0.1) is 0 Å². The molecule has 0 aromatic heterocycles. The molecule has 1 saturated heterocycles. The van der Waals surface area contributed by atoms with Gasteiger partial charge in [-0.1, -0.05) is 74.5 Å². The summed E-state index contributed by atoms with van der Waals surface area (Å²) in [6.45, 7) is 10.1. The van der Waals surface area contributed by atoms with Gasteiger partial charge in [0.05, 0.1) is 0 Å². The van der Waals surface area contributed by atoms with E-state index in [2.05, 4.69) is 78.4 Å². The minimum Gasteiger partial charge on any atom is -0.350 e. The molecular formula is C24H33N3O. The number of hydrogen-bond donors (Lipinski definition) is 1. The summed E-state index contributed by atoms with van der Waals surface area (Å²) in [5, 5.41) is 3.34. The van der Waals surface area contributed by atoms with Crippen molar-refractivity contribution in [2.45, 2.75) is 45.3 Å². The third-order valence-electron chi connectivity index (χ3n) is 5.94. The summed E-state index contributed by atoms with van der Waals surface area (Å²) < 4.78 is 0. The fourth-order valence-electron chi connectivity index (χ4n) is 4.23. The predicted octanol–water partition coefficient (Wildman–Crippen LogP) is 4.02. The summed E-state index contributed by atoms with van der Waals surface area (Å²) in [6.07, 6.45) is 1.00. The first kappa shape index (κ1) is 20.6. The Bertz CT molecular complexity index is 730. The van der Waals surface area contributed by atoms with Crippen LogP contribution in [0.1, 0.15) is 50.4 Å². The Balaban J connectivity index is 1.66. The Hall–Kier alpha value is -2.17. The number of nitrogens with one attached hydrogen (secondary N) is 1. The first-order valence-electron chi connectivity index (χ1n) is 10.5. The quantitative estimate of drug-likeness (QED) is 0.752. The molecule has 4 heteroatoms. The molecule has 3 unspecified atom stereocenters. The van der Waals surface area contributed by atoms with Gasteiger partial charge in [0.15, 0.2) is 0 Å². The average Bonchev–Trinajstić information content (AvgIpc) is 3.20. The highest BCUT2D eigenvalue weighted by Gasteiger charge is 2.31. The molecule has 0 radical (unpaired) electrons. The summed E-state index contributed by atoms with van der Waals surface area (Å²) in [6, 6.07) is 21.1. The van der Waals surface area contributed by atoms with Crippen molar-refractivity contribution < 1.29 is 4.79 Å². The monoisotopic (exact) mass is 379 g/mol. The lowest BCUT2D eigenvalue weighted by Crippen LogP contribution is -2.45. The van der Waals surface area contributed by atoms with E-state index >= 15 is 0 Å². The zero-order valence-electron chi connectivity index (χ0n) is 17.3. The van der Waals surface area contributed by atoms with Gasteiger partial charge in [0, 0.05) is 25.2 Å². The molecule has 4 nitrogen and oxygen atoms in total. The van der Waals surface area contributed by atoms with Crippen molar-refractivity contribution in [2.24, 2.45) is 0 Å². The molecule has 1 amide bonds. The van der Waals surface area contributed by atoms with Crippen LogP contribution in [0.4, 0.5) is 0 Å². The summed E-state index contributed by atoms with van der Waals surface area (Å²) in [4.78, 5) is 17.9. The van der Waals surface area contributed by atoms with Crippen LogP contribution >= 0.6 is 0 Å². The van der Waals surface area contributed by atoms with E-state index in [0.29, 0.717) is 6.04 Å². The number of amides is 1. The number of benzene rings is 2. The van der Waals surface area contributed by atoms with Crippen LogP contribution in [0.25, 0.3) is 0 Å². The number of nitrogens with zero attached hydrogens (tertiary/aromatic N) is 2. The topological polar surface area (TPSA) is 35.6 Å². The van der Waals surface area contributed by atoms with E-state index in [0.717, 1.165) is 38.2 Å². The van der Waals surface area contributed by atoms with Gasteiger partial charge in [-0.05, 0) is 37.6 Å². The van der Waals surface area contributed by atoms with Crippen LogP contribution in [-0.2, 0) is 4.79 Å². The van der Waals surface area contributed by atoms with Crippen molar-refractivity contribution in [1.82, 2.24) is 15.1 Å². The van der Waals surface area contributed by atoms with Crippen LogP contribution in [0.15, 0.2) is 60.7 Å². The molecule has 0 aliphatic carbocycles. The van der Waals surface area contributed by atoms with E-state index in [1.54, 1.807) is 0 Å². The second-order valence-corrected chi connectivity index (χ2v) is 7.61. The van der Waals surface area contributed by atoms with Gasteiger partial charge in [-0.2, -0.15) is 0 Å². The van der Waals surface area contributed by atoms with Crippen molar-refractivity contribution >= 4 is 5.91 Å². The minimum atomic E-state index is -0.225. The van der Waals surface area contributed by atoms with Crippen LogP contribution in [0.3, 0.4) is 0 Å². The lowest BCUT2D eigenvalue weighted by Gasteiger charge is -2.30. The molecule has 3 rings (SSSR count). The van der Waals surface area contributed by atoms with E-state index < -0.39 is 0 Å². The van der Waals surface area contributed by atoms with E-state index in [1.165, 1.54) is 5.56 Å². The molecule has 150 valence electrons. The molecule has 1 heterocycles. The molecule has 1 aliphatic heterocycles. The largest absolute Gasteiger partial charge is 0.350 e. The molecule has 0 spiro atoms. The fraction of sp³-hybridized carbons (Fsp3) is 0.458. The highest BCUT2D eigenvalue weighted by molar-refractivity contribution is 5.83. The number of carbonyl (C=O) groups excluding carboxylic acids is 1. The Morgan fingerprint density at radius 2 is 1.61 bits per heavy atom. The smallest absolute Gasteiger partial charge is 0.242 e. The van der Waals surface area contributed by atoms with Crippen molar-refractivity contribution in [3.8, 4) is 0 Å². The second kappa shape index (κ2) is 9.85. The third-order valence-corrected chi connectivity index (χ3v) is 5.94. The van der Waals surface area contributed by atoms with Crippen LogP contribution < -0.4 is 5.32 Å². The minimum absolute atomic E-state index is 0.120. The first-order valence-corrected chi connectivity index (χ1v) is 10.5. The molecule has 28 heavy (non-hydrogen) atoms. The van der Waals surface area contributed by atoms with E-state index in [-0.39, 0.29) is 18.0 Å². The van der Waals surface area contributed by atoms with Gasteiger partial charge in [0.1, 0.15) is 6.04 Å². The van der Waals surface area contributed by atoms with Gasteiger partial charge in [0.2, 0.25) is 5.91 Å². The van der Waals surface area contributed by atoms with Gasteiger partial charge in [-0.15, -0.1) is 0 Å². The van der Waals surface area contributed by atoms with Crippen LogP contribution in [-0.4, -0.2) is 47.9 Å². The molecule has 3 atom stereocenters. The number of carbonyl (C=O) groups is 1. The summed E-state index contributed by atoms with van der Waals surface area (Å²) >= 11 is 0. The highest BCUT2D eigenvalue weighted by atomic mass is 16.2. The van der Waals surface area contributed by atoms with Gasteiger partial charge in [-0.3, -0.25) is 14.6 Å². The Morgan fingerprint density at radius 1 is 1.04 bits per heavy atom. The molecule has 2 aromatic carbocycles. The molecule has 2 aromatic rings. The SMILES string of the molecule is CCN(CC)C(C(=O)NC1CCN(C(C)c2ccccc2)C1)c1ccccc1. The second-order valence-electron chi connectivity index (χ2n) is 7.61. The zero-order chi connectivity index (χ0) is 19.9. The predicted molar refractivity (Wildman–Crippen MR) is 115 cm³/mol.